The van der Waals surface area contributed by atoms with E-state index in [9.17, 15) is 18.8 Å². The summed E-state index contributed by atoms with van der Waals surface area (Å²) in [7, 11) is 3.10. The van der Waals surface area contributed by atoms with Gasteiger partial charge in [0.05, 0.1) is 26.1 Å². The van der Waals surface area contributed by atoms with Gasteiger partial charge >= 0.3 is 0 Å². The molecular formula is C27H30FN3O5. The van der Waals surface area contributed by atoms with Gasteiger partial charge in [0.2, 0.25) is 17.7 Å². The third-order valence-corrected chi connectivity index (χ3v) is 7.57. The zero-order valence-corrected chi connectivity index (χ0v) is 20.8. The van der Waals surface area contributed by atoms with Crippen LogP contribution >= 0.6 is 0 Å². The number of amides is 3. The molecule has 4 atom stereocenters. The topological polar surface area (TPSA) is 97.0 Å². The van der Waals surface area contributed by atoms with Gasteiger partial charge < -0.3 is 14.8 Å². The molecule has 8 nitrogen and oxygen atoms in total. The summed E-state index contributed by atoms with van der Waals surface area (Å²) in [5.41, 5.74) is 0.244. The number of nitrogens with zero attached hydrogens (tertiary/aromatic N) is 1. The van der Waals surface area contributed by atoms with Crippen molar-refractivity contribution in [2.24, 2.45) is 17.8 Å². The van der Waals surface area contributed by atoms with Crippen molar-refractivity contribution in [2.75, 3.05) is 26.1 Å². The van der Waals surface area contributed by atoms with Crippen molar-refractivity contribution in [3.8, 4) is 11.5 Å². The molecule has 2 fully saturated rings. The number of anilines is 1. The molecule has 0 bridgehead atoms. The van der Waals surface area contributed by atoms with Gasteiger partial charge in [0.25, 0.3) is 0 Å². The molecule has 3 amide bonds. The van der Waals surface area contributed by atoms with Gasteiger partial charge in [0, 0.05) is 23.8 Å². The standard InChI is InChI=1S/C27H30FN3O5/c1-14(2)11-19-22-23(27(30-19)17-13-16(28)6-7-18(17)29-26(27)34)25(33)31(24(22)32)10-9-15-5-8-20(35-3)21(12-15)36-4/h5-8,12-14,19,22-23,30H,9-11H2,1-4H3,(H,29,34)/t19?,22-,23+,27?/m0/s1. The van der Waals surface area contributed by atoms with Crippen LogP contribution in [0.5, 0.6) is 11.5 Å². The first-order valence-corrected chi connectivity index (χ1v) is 12.2. The highest BCUT2D eigenvalue weighted by Crippen LogP contribution is 2.53. The fourth-order valence-corrected chi connectivity index (χ4v) is 6.04. The van der Waals surface area contributed by atoms with Gasteiger partial charge in [0.15, 0.2) is 11.5 Å². The molecule has 0 saturated carbocycles. The third kappa shape index (κ3) is 3.56. The Labute approximate surface area is 209 Å². The van der Waals surface area contributed by atoms with Crippen LogP contribution in [0.2, 0.25) is 0 Å². The minimum atomic E-state index is -1.48. The molecule has 5 rings (SSSR count). The highest BCUT2D eigenvalue weighted by atomic mass is 19.1. The maximum Gasteiger partial charge on any atom is 0.250 e. The van der Waals surface area contributed by atoms with Crippen LogP contribution in [0.1, 0.15) is 31.4 Å². The lowest BCUT2D eigenvalue weighted by atomic mass is 9.76. The van der Waals surface area contributed by atoms with E-state index in [0.29, 0.717) is 35.6 Å². The Hall–Kier alpha value is -3.46. The molecule has 3 aliphatic rings. The van der Waals surface area contributed by atoms with Crippen LogP contribution < -0.4 is 20.1 Å². The quantitative estimate of drug-likeness (QED) is 0.574. The predicted octanol–water partition coefficient (Wildman–Crippen LogP) is 2.85. The molecule has 190 valence electrons. The molecule has 2 N–H and O–H groups in total. The Balaban J connectivity index is 1.49. The Kier molecular flexibility index (Phi) is 5.98. The van der Waals surface area contributed by atoms with Crippen molar-refractivity contribution < 1.29 is 28.2 Å². The third-order valence-electron chi connectivity index (χ3n) is 7.57. The first-order valence-electron chi connectivity index (χ1n) is 12.2. The molecule has 2 saturated heterocycles. The van der Waals surface area contributed by atoms with E-state index in [1.165, 1.54) is 23.1 Å². The zero-order valence-electron chi connectivity index (χ0n) is 20.8. The van der Waals surface area contributed by atoms with Gasteiger partial charge in [-0.25, -0.2) is 4.39 Å². The number of carbonyl (C=O) groups excluding carboxylic acids is 3. The Morgan fingerprint density at radius 1 is 1.03 bits per heavy atom. The van der Waals surface area contributed by atoms with Crippen LogP contribution in [0, 0.1) is 23.6 Å². The Bertz CT molecular complexity index is 1250. The second-order valence-electron chi connectivity index (χ2n) is 10.1. The van der Waals surface area contributed by atoms with E-state index in [1.807, 2.05) is 26.0 Å². The van der Waals surface area contributed by atoms with Gasteiger partial charge in [-0.1, -0.05) is 19.9 Å². The number of methoxy groups -OCH3 is 2. The molecule has 2 aromatic carbocycles. The number of imide groups is 1. The highest BCUT2D eigenvalue weighted by molar-refractivity contribution is 6.15. The van der Waals surface area contributed by atoms with Crippen molar-refractivity contribution in [2.45, 2.75) is 38.3 Å². The number of benzene rings is 2. The molecule has 9 heteroatoms. The average Bonchev–Trinajstić information content (AvgIpc) is 3.41. The fourth-order valence-electron chi connectivity index (χ4n) is 6.04. The number of ether oxygens (including phenoxy) is 2. The summed E-state index contributed by atoms with van der Waals surface area (Å²) in [5, 5.41) is 6.14. The number of likely N-dealkylation sites (tertiary alicyclic amines) is 1. The summed E-state index contributed by atoms with van der Waals surface area (Å²) in [6.07, 6.45) is 1.02. The summed E-state index contributed by atoms with van der Waals surface area (Å²) in [6.45, 7) is 4.22. The molecule has 1 spiro atoms. The smallest absolute Gasteiger partial charge is 0.250 e. The Morgan fingerprint density at radius 2 is 1.78 bits per heavy atom. The second kappa shape index (κ2) is 8.89. The van der Waals surface area contributed by atoms with Crippen LogP contribution in [0.25, 0.3) is 0 Å². The van der Waals surface area contributed by atoms with Crippen LogP contribution in [-0.2, 0) is 26.3 Å². The number of nitrogens with one attached hydrogen (secondary N) is 2. The minimum Gasteiger partial charge on any atom is -0.493 e. The summed E-state index contributed by atoms with van der Waals surface area (Å²) >= 11 is 0. The van der Waals surface area contributed by atoms with E-state index in [0.717, 1.165) is 5.56 Å². The van der Waals surface area contributed by atoms with Crippen LogP contribution in [0.4, 0.5) is 10.1 Å². The number of hydrogen-bond donors (Lipinski definition) is 2. The number of rotatable bonds is 7. The van der Waals surface area contributed by atoms with E-state index >= 15 is 0 Å². The lowest BCUT2D eigenvalue weighted by Crippen LogP contribution is -2.53. The van der Waals surface area contributed by atoms with E-state index in [4.69, 9.17) is 9.47 Å². The molecule has 2 unspecified atom stereocenters. The second-order valence-corrected chi connectivity index (χ2v) is 10.1. The molecule has 0 aromatic heterocycles. The molecule has 0 aliphatic carbocycles. The molecule has 3 heterocycles. The van der Waals surface area contributed by atoms with Crippen molar-refractivity contribution in [1.82, 2.24) is 10.2 Å². The van der Waals surface area contributed by atoms with Crippen LogP contribution in [0.3, 0.4) is 0 Å². The number of fused-ring (bicyclic) bond motifs is 4. The largest absolute Gasteiger partial charge is 0.493 e. The SMILES string of the molecule is COc1ccc(CCN2C(=O)[C@H]3C(CC(C)C)NC4(C(=O)Nc5ccc(F)cc54)[C@H]3C2=O)cc1OC. The van der Waals surface area contributed by atoms with E-state index in [1.54, 1.807) is 20.3 Å². The van der Waals surface area contributed by atoms with Crippen molar-refractivity contribution in [1.29, 1.82) is 0 Å². The summed E-state index contributed by atoms with van der Waals surface area (Å²) in [4.78, 5) is 42.2. The molecule has 0 radical (unpaired) electrons. The fraction of sp³-hybridized carbons (Fsp3) is 0.444. The number of hydrogen-bond acceptors (Lipinski definition) is 6. The highest BCUT2D eigenvalue weighted by Gasteiger charge is 2.70. The summed E-state index contributed by atoms with van der Waals surface area (Å²) in [5.74, 6) is -1.90. The van der Waals surface area contributed by atoms with Gasteiger partial charge in [-0.15, -0.1) is 0 Å². The molecular weight excluding hydrogens is 465 g/mol. The lowest BCUT2D eigenvalue weighted by Gasteiger charge is -2.30. The van der Waals surface area contributed by atoms with Crippen molar-refractivity contribution >= 4 is 23.4 Å². The van der Waals surface area contributed by atoms with Gasteiger partial charge in [-0.05, 0) is 54.7 Å². The van der Waals surface area contributed by atoms with E-state index < -0.39 is 41.0 Å². The molecule has 36 heavy (non-hydrogen) atoms. The van der Waals surface area contributed by atoms with Crippen molar-refractivity contribution in [3.63, 3.8) is 0 Å². The molecule has 2 aromatic rings. The minimum absolute atomic E-state index is 0.169. The Morgan fingerprint density at radius 3 is 2.47 bits per heavy atom. The first-order chi connectivity index (χ1) is 17.2. The maximum absolute atomic E-state index is 14.3. The van der Waals surface area contributed by atoms with Gasteiger partial charge in [0.1, 0.15) is 11.4 Å². The lowest BCUT2D eigenvalue weighted by molar-refractivity contribution is -0.142. The van der Waals surface area contributed by atoms with Crippen LogP contribution in [-0.4, -0.2) is 49.4 Å². The molecule has 3 aliphatic heterocycles. The summed E-state index contributed by atoms with van der Waals surface area (Å²) in [6, 6.07) is 9.13. The number of carbonyl (C=O) groups is 3. The zero-order chi connectivity index (χ0) is 25.8. The van der Waals surface area contributed by atoms with E-state index in [-0.39, 0.29) is 18.4 Å². The summed E-state index contributed by atoms with van der Waals surface area (Å²) < 4.78 is 25.0. The van der Waals surface area contributed by atoms with Crippen molar-refractivity contribution in [3.05, 3.63) is 53.3 Å². The first kappa shape index (κ1) is 24.2. The monoisotopic (exact) mass is 495 g/mol. The van der Waals surface area contributed by atoms with Gasteiger partial charge in [-0.2, -0.15) is 0 Å². The maximum atomic E-state index is 14.3. The predicted molar refractivity (Wildman–Crippen MR) is 130 cm³/mol. The normalized spacial score (nSPS) is 26.6. The van der Waals surface area contributed by atoms with E-state index in [2.05, 4.69) is 10.6 Å². The van der Waals surface area contributed by atoms with Crippen LogP contribution in [0.15, 0.2) is 36.4 Å². The number of halogens is 1. The average molecular weight is 496 g/mol. The van der Waals surface area contributed by atoms with Gasteiger partial charge in [-0.3, -0.25) is 24.6 Å².